The van der Waals surface area contributed by atoms with E-state index in [1.165, 1.54) is 11.3 Å². The monoisotopic (exact) mass is 946 g/mol. The molecule has 0 spiro atoms. The SMILES string of the molecule is CCOC(=O)C1=C(c2ccccc2)N=c2s/c(=C\c3cc(I)cc(I)c3OCc3ccc(Br)cc3)c(=O)n2[C@@H]1c1ccc(OCC)cc1. The van der Waals surface area contributed by atoms with E-state index in [1.807, 2.05) is 104 Å². The van der Waals surface area contributed by atoms with Crippen molar-refractivity contribution in [2.24, 2.45) is 4.99 Å². The van der Waals surface area contributed by atoms with Crippen LogP contribution in [0.3, 0.4) is 0 Å². The molecule has 0 bridgehead atoms. The molecule has 0 saturated heterocycles. The zero-order chi connectivity index (χ0) is 33.8. The van der Waals surface area contributed by atoms with Crippen LogP contribution in [0, 0.1) is 7.14 Å². The fourth-order valence-electron chi connectivity index (χ4n) is 5.39. The van der Waals surface area contributed by atoms with Crippen LogP contribution in [-0.4, -0.2) is 23.8 Å². The minimum atomic E-state index is -0.780. The number of esters is 1. The molecule has 1 aliphatic rings. The minimum absolute atomic E-state index is 0.180. The average molecular weight is 947 g/mol. The lowest BCUT2D eigenvalue weighted by atomic mass is 9.93. The normalized spacial score (nSPS) is 14.4. The highest BCUT2D eigenvalue weighted by Gasteiger charge is 2.35. The van der Waals surface area contributed by atoms with Crippen molar-refractivity contribution in [2.45, 2.75) is 26.5 Å². The van der Waals surface area contributed by atoms with Gasteiger partial charge in [0.2, 0.25) is 0 Å². The summed E-state index contributed by atoms with van der Waals surface area (Å²) >= 11 is 9.31. The number of ether oxygens (including phenoxy) is 3. The molecule has 0 radical (unpaired) electrons. The summed E-state index contributed by atoms with van der Waals surface area (Å²) in [7, 11) is 0. The lowest BCUT2D eigenvalue weighted by Crippen LogP contribution is -2.40. The average Bonchev–Trinajstić information content (AvgIpc) is 3.39. The van der Waals surface area contributed by atoms with Crippen molar-refractivity contribution in [3.63, 3.8) is 0 Å². The first-order chi connectivity index (χ1) is 23.3. The number of benzene rings is 4. The third-order valence-electron chi connectivity index (χ3n) is 7.50. The number of fused-ring (bicyclic) bond motifs is 1. The van der Waals surface area contributed by atoms with E-state index in [0.29, 0.717) is 45.3 Å². The quantitative estimate of drug-likeness (QED) is 0.105. The molecule has 5 aromatic rings. The summed E-state index contributed by atoms with van der Waals surface area (Å²) in [6, 6.07) is 28.2. The number of carbonyl (C=O) groups is 1. The van der Waals surface area contributed by atoms with Crippen LogP contribution in [0.1, 0.15) is 42.1 Å². The Hall–Kier alpha value is -3.27. The highest BCUT2D eigenvalue weighted by molar-refractivity contribution is 14.1. The highest BCUT2D eigenvalue weighted by Crippen LogP contribution is 2.36. The van der Waals surface area contributed by atoms with E-state index in [-0.39, 0.29) is 12.2 Å². The molecule has 7 nitrogen and oxygen atoms in total. The maximum Gasteiger partial charge on any atom is 0.338 e. The van der Waals surface area contributed by atoms with Crippen LogP contribution in [0.5, 0.6) is 11.5 Å². The summed E-state index contributed by atoms with van der Waals surface area (Å²) in [5, 5.41) is 0. The number of carbonyl (C=O) groups excluding carboxylic acids is 1. The largest absolute Gasteiger partial charge is 0.494 e. The van der Waals surface area contributed by atoms with Crippen LogP contribution in [0.4, 0.5) is 0 Å². The summed E-state index contributed by atoms with van der Waals surface area (Å²) < 4.78 is 22.7. The van der Waals surface area contributed by atoms with Gasteiger partial charge in [0, 0.05) is 19.2 Å². The van der Waals surface area contributed by atoms with E-state index in [2.05, 4.69) is 61.1 Å². The topological polar surface area (TPSA) is 79.1 Å². The summed E-state index contributed by atoms with van der Waals surface area (Å²) in [6.07, 6.45) is 1.86. The molecule has 0 fully saturated rings. The lowest BCUT2D eigenvalue weighted by Gasteiger charge is -2.26. The Morgan fingerprint density at radius 2 is 1.69 bits per heavy atom. The van der Waals surface area contributed by atoms with Gasteiger partial charge in [0.25, 0.3) is 5.56 Å². The molecule has 0 unspecified atom stereocenters. The van der Waals surface area contributed by atoms with E-state index in [1.54, 1.807) is 11.5 Å². The molecule has 1 atom stereocenters. The number of hydrogen-bond acceptors (Lipinski definition) is 7. The summed E-state index contributed by atoms with van der Waals surface area (Å²) in [6.45, 7) is 4.76. The summed E-state index contributed by atoms with van der Waals surface area (Å²) in [5.74, 6) is 0.858. The zero-order valence-corrected chi connectivity index (χ0v) is 32.6. The third-order valence-corrected chi connectivity index (χ3v) is 10.4. The first kappa shape index (κ1) is 34.6. The smallest absolute Gasteiger partial charge is 0.338 e. The van der Waals surface area contributed by atoms with Crippen molar-refractivity contribution in [1.29, 1.82) is 0 Å². The third kappa shape index (κ3) is 7.48. The lowest BCUT2D eigenvalue weighted by molar-refractivity contribution is -0.138. The molecule has 4 aromatic carbocycles. The van der Waals surface area contributed by atoms with Gasteiger partial charge in [-0.15, -0.1) is 0 Å². The van der Waals surface area contributed by atoms with Gasteiger partial charge in [-0.3, -0.25) is 9.36 Å². The molecule has 244 valence electrons. The molecular weight excluding hydrogens is 918 g/mol. The van der Waals surface area contributed by atoms with Gasteiger partial charge in [0.1, 0.15) is 18.1 Å². The van der Waals surface area contributed by atoms with Crippen LogP contribution in [0.25, 0.3) is 11.8 Å². The van der Waals surface area contributed by atoms with Crippen molar-refractivity contribution in [3.8, 4) is 11.5 Å². The van der Waals surface area contributed by atoms with Crippen molar-refractivity contribution in [1.82, 2.24) is 4.57 Å². The number of hydrogen-bond donors (Lipinski definition) is 0. The molecule has 1 aliphatic heterocycles. The van der Waals surface area contributed by atoms with Crippen molar-refractivity contribution in [3.05, 3.63) is 150 Å². The first-order valence-electron chi connectivity index (χ1n) is 15.1. The van der Waals surface area contributed by atoms with E-state index >= 15 is 0 Å². The Labute approximate surface area is 317 Å². The predicted molar refractivity (Wildman–Crippen MR) is 209 cm³/mol. The van der Waals surface area contributed by atoms with Crippen molar-refractivity contribution < 1.29 is 19.0 Å². The maximum atomic E-state index is 14.5. The maximum absolute atomic E-state index is 14.5. The first-order valence-corrected chi connectivity index (χ1v) is 18.9. The van der Waals surface area contributed by atoms with E-state index in [9.17, 15) is 9.59 Å². The number of thiazole rings is 1. The fourth-order valence-corrected chi connectivity index (χ4v) is 8.69. The number of aromatic nitrogens is 1. The van der Waals surface area contributed by atoms with Gasteiger partial charge in [0.15, 0.2) is 4.80 Å². The second-order valence-electron chi connectivity index (χ2n) is 10.7. The molecule has 48 heavy (non-hydrogen) atoms. The predicted octanol–water partition coefficient (Wildman–Crippen LogP) is 7.89. The Morgan fingerprint density at radius 3 is 2.38 bits per heavy atom. The molecule has 0 amide bonds. The van der Waals surface area contributed by atoms with Crippen LogP contribution < -0.4 is 24.4 Å². The highest BCUT2D eigenvalue weighted by atomic mass is 127. The van der Waals surface area contributed by atoms with Gasteiger partial charge in [-0.1, -0.05) is 81.9 Å². The Morgan fingerprint density at radius 1 is 0.958 bits per heavy atom. The van der Waals surface area contributed by atoms with Gasteiger partial charge < -0.3 is 14.2 Å². The second-order valence-corrected chi connectivity index (χ2v) is 15.0. The number of halogens is 3. The van der Waals surface area contributed by atoms with Crippen LogP contribution in [0.15, 0.2) is 111 Å². The molecule has 0 N–H and O–H groups in total. The van der Waals surface area contributed by atoms with Crippen LogP contribution in [0.2, 0.25) is 0 Å². The fraction of sp³-hybridized carbons (Fsp3) is 0.162. The van der Waals surface area contributed by atoms with Gasteiger partial charge in [-0.2, -0.15) is 0 Å². The Bertz CT molecular complexity index is 2180. The van der Waals surface area contributed by atoms with Crippen LogP contribution in [-0.2, 0) is 16.1 Å². The standard InChI is InChI=1S/C37H29BrI2N2O5S/c1-3-45-28-16-12-24(13-17-28)33-31(36(44)46-4-2)32(23-8-6-5-7-9-23)41-37-42(33)35(43)30(48-37)19-25-18-27(39)20-29(40)34(25)47-21-22-10-14-26(38)15-11-22/h5-20,33H,3-4,21H2,1-2H3/b30-19-/t33-/m1/s1. The molecule has 0 saturated carbocycles. The van der Waals surface area contributed by atoms with E-state index < -0.39 is 12.0 Å². The van der Waals surface area contributed by atoms with Gasteiger partial charge >= 0.3 is 5.97 Å². The Kier molecular flexibility index (Phi) is 11.2. The van der Waals surface area contributed by atoms with Gasteiger partial charge in [-0.05, 0) is 113 Å². The number of rotatable bonds is 10. The van der Waals surface area contributed by atoms with Gasteiger partial charge in [0.05, 0.1) is 38.6 Å². The van der Waals surface area contributed by atoms with Crippen LogP contribution >= 0.6 is 72.4 Å². The van der Waals surface area contributed by atoms with Gasteiger partial charge in [-0.25, -0.2) is 9.79 Å². The summed E-state index contributed by atoms with van der Waals surface area (Å²) in [4.78, 5) is 33.7. The molecule has 1 aromatic heterocycles. The zero-order valence-electron chi connectivity index (χ0n) is 25.9. The van der Waals surface area contributed by atoms with Crippen molar-refractivity contribution in [2.75, 3.05) is 13.2 Å². The molecule has 6 rings (SSSR count). The molecule has 2 heterocycles. The van der Waals surface area contributed by atoms with E-state index in [0.717, 1.165) is 33.9 Å². The number of nitrogens with zero attached hydrogens (tertiary/aromatic N) is 2. The molecule has 0 aliphatic carbocycles. The molecule has 11 heteroatoms. The van der Waals surface area contributed by atoms with E-state index in [4.69, 9.17) is 19.2 Å². The molecular formula is C37H29BrI2N2O5S. The minimum Gasteiger partial charge on any atom is -0.494 e. The Balaban J connectivity index is 1.55. The van der Waals surface area contributed by atoms with Crippen molar-refractivity contribution >= 4 is 90.2 Å². The summed E-state index contributed by atoms with van der Waals surface area (Å²) in [5.41, 5.74) is 3.80. The second kappa shape index (κ2) is 15.5.